The molecule has 0 radical (unpaired) electrons. The minimum atomic E-state index is -0.254. The van der Waals surface area contributed by atoms with Crippen LogP contribution in [0.1, 0.15) is 31.2 Å². The second kappa shape index (κ2) is 4.60. The number of carbonyl (C=O) groups excluding carboxylic acids is 1. The van der Waals surface area contributed by atoms with Gasteiger partial charge < -0.3 is 0 Å². The number of allylic oxidation sites excluding steroid dienone is 2. The molecule has 0 amide bonds. The van der Waals surface area contributed by atoms with Gasteiger partial charge in [-0.15, -0.1) is 0 Å². The third-order valence-corrected chi connectivity index (χ3v) is 3.18. The van der Waals surface area contributed by atoms with Crippen LogP contribution in [-0.2, 0) is 4.79 Å². The lowest BCUT2D eigenvalue weighted by atomic mass is 9.77. The van der Waals surface area contributed by atoms with Crippen LogP contribution in [-0.4, -0.2) is 5.78 Å². The Bertz CT molecular complexity index is 405. The second-order valence-corrected chi connectivity index (χ2v) is 4.20. The van der Waals surface area contributed by atoms with Crippen molar-refractivity contribution in [2.24, 2.45) is 5.92 Å². The van der Waals surface area contributed by atoms with Crippen molar-refractivity contribution in [3.05, 3.63) is 47.8 Å². The zero-order valence-electron chi connectivity index (χ0n) is 9.32. The summed E-state index contributed by atoms with van der Waals surface area (Å²) in [6.45, 7) is 2.07. The van der Waals surface area contributed by atoms with Gasteiger partial charge in [0.05, 0.1) is 0 Å². The molecule has 1 aromatic rings. The van der Waals surface area contributed by atoms with E-state index in [-0.39, 0.29) is 23.4 Å². The largest absolute Gasteiger partial charge is 0.299 e. The summed E-state index contributed by atoms with van der Waals surface area (Å²) < 4.78 is 12.8. The summed E-state index contributed by atoms with van der Waals surface area (Å²) in [6, 6.07) is 6.29. The average molecular weight is 218 g/mol. The SMILES string of the molecule is CC[C@@H]1C=CCC(=O)C1c1ccc(F)cc1. The number of ketones is 1. The monoisotopic (exact) mass is 218 g/mol. The lowest BCUT2D eigenvalue weighted by molar-refractivity contribution is -0.120. The van der Waals surface area contributed by atoms with E-state index in [4.69, 9.17) is 0 Å². The maximum Gasteiger partial charge on any atom is 0.144 e. The molecular formula is C14H15FO. The molecule has 0 saturated heterocycles. The Morgan fingerprint density at radius 1 is 1.31 bits per heavy atom. The zero-order chi connectivity index (χ0) is 11.5. The van der Waals surface area contributed by atoms with Gasteiger partial charge in [-0.25, -0.2) is 4.39 Å². The third kappa shape index (κ3) is 2.06. The summed E-state index contributed by atoms with van der Waals surface area (Å²) in [5.74, 6) is 0.152. The molecule has 2 rings (SSSR count). The summed E-state index contributed by atoms with van der Waals surface area (Å²) in [5, 5.41) is 0. The van der Waals surface area contributed by atoms with Gasteiger partial charge in [0.15, 0.2) is 0 Å². The van der Waals surface area contributed by atoms with Crippen LogP contribution in [0.2, 0.25) is 0 Å². The van der Waals surface area contributed by atoms with E-state index in [2.05, 4.69) is 13.0 Å². The number of hydrogen-bond acceptors (Lipinski definition) is 1. The molecule has 1 aromatic carbocycles. The Morgan fingerprint density at radius 2 is 2.00 bits per heavy atom. The standard InChI is InChI=1S/C14H15FO/c1-2-10-4-3-5-13(16)14(10)11-6-8-12(15)9-7-11/h3-4,6-10,14H,2,5H2,1H3/t10-,14?/m1/s1. The van der Waals surface area contributed by atoms with Gasteiger partial charge in [-0.1, -0.05) is 31.2 Å². The topological polar surface area (TPSA) is 17.1 Å². The Balaban J connectivity index is 2.33. The highest BCUT2D eigenvalue weighted by molar-refractivity contribution is 5.88. The number of benzene rings is 1. The van der Waals surface area contributed by atoms with Gasteiger partial charge in [-0.05, 0) is 30.0 Å². The van der Waals surface area contributed by atoms with Gasteiger partial charge in [-0.2, -0.15) is 0 Å². The molecule has 1 aliphatic rings. The van der Waals surface area contributed by atoms with Gasteiger partial charge in [0.1, 0.15) is 11.6 Å². The Kier molecular flexibility index (Phi) is 3.18. The molecule has 0 fully saturated rings. The van der Waals surface area contributed by atoms with E-state index in [1.54, 1.807) is 12.1 Å². The van der Waals surface area contributed by atoms with Crippen molar-refractivity contribution < 1.29 is 9.18 Å². The summed E-state index contributed by atoms with van der Waals surface area (Å²) in [5.41, 5.74) is 0.933. The van der Waals surface area contributed by atoms with Gasteiger partial charge in [-0.3, -0.25) is 4.79 Å². The Labute approximate surface area is 95.0 Å². The molecule has 0 N–H and O–H groups in total. The molecule has 16 heavy (non-hydrogen) atoms. The molecule has 1 nitrogen and oxygen atoms in total. The third-order valence-electron chi connectivity index (χ3n) is 3.18. The van der Waals surface area contributed by atoms with Crippen LogP contribution in [0.25, 0.3) is 0 Å². The lowest BCUT2D eigenvalue weighted by Gasteiger charge is -2.25. The van der Waals surface area contributed by atoms with E-state index < -0.39 is 0 Å². The minimum absolute atomic E-state index is 0.0874. The van der Waals surface area contributed by atoms with Crippen molar-refractivity contribution in [2.75, 3.05) is 0 Å². The van der Waals surface area contributed by atoms with Gasteiger partial charge >= 0.3 is 0 Å². The van der Waals surface area contributed by atoms with Gasteiger partial charge in [0.2, 0.25) is 0 Å². The molecule has 2 atom stereocenters. The molecule has 0 aliphatic heterocycles. The van der Waals surface area contributed by atoms with E-state index >= 15 is 0 Å². The summed E-state index contributed by atoms with van der Waals surface area (Å²) >= 11 is 0. The van der Waals surface area contributed by atoms with Crippen molar-refractivity contribution >= 4 is 5.78 Å². The smallest absolute Gasteiger partial charge is 0.144 e. The van der Waals surface area contributed by atoms with Crippen LogP contribution in [0.15, 0.2) is 36.4 Å². The van der Waals surface area contributed by atoms with Crippen LogP contribution < -0.4 is 0 Å². The van der Waals surface area contributed by atoms with E-state index in [0.717, 1.165) is 12.0 Å². The summed E-state index contributed by atoms with van der Waals surface area (Å²) in [6.07, 6.45) is 5.48. The summed E-state index contributed by atoms with van der Waals surface area (Å²) in [4.78, 5) is 11.9. The fourth-order valence-electron chi connectivity index (χ4n) is 2.31. The van der Waals surface area contributed by atoms with Crippen molar-refractivity contribution in [2.45, 2.75) is 25.7 Å². The maximum atomic E-state index is 12.8. The number of carbonyl (C=O) groups is 1. The molecule has 2 heteroatoms. The van der Waals surface area contributed by atoms with E-state index in [0.29, 0.717) is 6.42 Å². The molecule has 0 aromatic heterocycles. The first-order valence-electron chi connectivity index (χ1n) is 5.67. The lowest BCUT2D eigenvalue weighted by Crippen LogP contribution is -2.22. The van der Waals surface area contributed by atoms with Gasteiger partial charge in [0.25, 0.3) is 0 Å². The number of Topliss-reactive ketones (excluding diaryl/α,β-unsaturated/α-hetero) is 1. The summed E-state index contributed by atoms with van der Waals surface area (Å²) in [7, 11) is 0. The number of halogens is 1. The Hall–Kier alpha value is -1.44. The maximum absolute atomic E-state index is 12.8. The van der Waals surface area contributed by atoms with Crippen molar-refractivity contribution in [1.29, 1.82) is 0 Å². The molecule has 1 aliphatic carbocycles. The van der Waals surface area contributed by atoms with E-state index in [9.17, 15) is 9.18 Å². The van der Waals surface area contributed by atoms with Crippen molar-refractivity contribution in [3.8, 4) is 0 Å². The predicted octanol–water partition coefficient (Wildman–Crippen LogP) is 3.46. The fourth-order valence-corrected chi connectivity index (χ4v) is 2.31. The first-order valence-corrected chi connectivity index (χ1v) is 5.67. The van der Waals surface area contributed by atoms with Crippen LogP contribution >= 0.6 is 0 Å². The normalized spacial score (nSPS) is 24.8. The highest BCUT2D eigenvalue weighted by atomic mass is 19.1. The van der Waals surface area contributed by atoms with Crippen LogP contribution in [0.3, 0.4) is 0 Å². The number of rotatable bonds is 2. The minimum Gasteiger partial charge on any atom is -0.299 e. The van der Waals surface area contributed by atoms with E-state index in [1.807, 2.05) is 6.08 Å². The van der Waals surface area contributed by atoms with Gasteiger partial charge in [0, 0.05) is 12.3 Å². The fraction of sp³-hybridized carbons (Fsp3) is 0.357. The molecule has 0 saturated carbocycles. The highest BCUT2D eigenvalue weighted by Crippen LogP contribution is 2.33. The molecule has 0 heterocycles. The molecule has 0 bridgehead atoms. The molecule has 0 spiro atoms. The van der Waals surface area contributed by atoms with Crippen molar-refractivity contribution in [1.82, 2.24) is 0 Å². The molecular weight excluding hydrogens is 203 g/mol. The number of hydrogen-bond donors (Lipinski definition) is 0. The second-order valence-electron chi connectivity index (χ2n) is 4.20. The average Bonchev–Trinajstić information content (AvgIpc) is 2.30. The molecule has 1 unspecified atom stereocenters. The van der Waals surface area contributed by atoms with Crippen LogP contribution in [0.4, 0.5) is 4.39 Å². The van der Waals surface area contributed by atoms with Crippen LogP contribution in [0, 0.1) is 11.7 Å². The zero-order valence-corrected chi connectivity index (χ0v) is 9.32. The van der Waals surface area contributed by atoms with Crippen LogP contribution in [0.5, 0.6) is 0 Å². The first-order chi connectivity index (χ1) is 7.72. The predicted molar refractivity (Wildman–Crippen MR) is 61.7 cm³/mol. The highest BCUT2D eigenvalue weighted by Gasteiger charge is 2.28. The van der Waals surface area contributed by atoms with Crippen molar-refractivity contribution in [3.63, 3.8) is 0 Å². The Morgan fingerprint density at radius 3 is 2.62 bits per heavy atom. The quantitative estimate of drug-likeness (QED) is 0.695. The first kappa shape index (κ1) is 11.1. The molecule has 84 valence electrons. The van der Waals surface area contributed by atoms with E-state index in [1.165, 1.54) is 12.1 Å².